The van der Waals surface area contributed by atoms with E-state index in [0.717, 1.165) is 57.4 Å². The smallest absolute Gasteiger partial charge is 0.321 e. The molecule has 3 aromatic rings. The summed E-state index contributed by atoms with van der Waals surface area (Å²) in [5.41, 5.74) is 3.00. The van der Waals surface area contributed by atoms with Gasteiger partial charge in [-0.2, -0.15) is 5.26 Å². The van der Waals surface area contributed by atoms with Crippen molar-refractivity contribution in [3.8, 4) is 17.7 Å². The maximum atomic E-state index is 13.9. The molecule has 2 aliphatic heterocycles. The summed E-state index contributed by atoms with van der Waals surface area (Å²) in [6, 6.07) is 24.8. The molecule has 3 heterocycles. The van der Waals surface area contributed by atoms with Crippen LogP contribution in [0.5, 0.6) is 11.6 Å². The number of amides is 2. The van der Waals surface area contributed by atoms with Gasteiger partial charge in [-0.3, -0.25) is 4.90 Å². The fraction of sp³-hybridized carbons (Fsp3) is 0.424. The van der Waals surface area contributed by atoms with Crippen molar-refractivity contribution in [1.82, 2.24) is 19.7 Å². The third-order valence-electron chi connectivity index (χ3n) is 8.73. The van der Waals surface area contributed by atoms with Crippen LogP contribution >= 0.6 is 0 Å². The highest BCUT2D eigenvalue weighted by atomic mass is 16.5. The van der Waals surface area contributed by atoms with Gasteiger partial charge in [-0.05, 0) is 61.1 Å². The van der Waals surface area contributed by atoms with Gasteiger partial charge in [0, 0.05) is 50.5 Å². The Kier molecular flexibility index (Phi) is 7.97. The molecule has 0 N–H and O–H groups in total. The van der Waals surface area contributed by atoms with Gasteiger partial charge in [-0.1, -0.05) is 55.7 Å². The van der Waals surface area contributed by atoms with Crippen molar-refractivity contribution in [2.24, 2.45) is 0 Å². The summed E-state index contributed by atoms with van der Waals surface area (Å²) in [6.07, 6.45) is 9.91. The van der Waals surface area contributed by atoms with Gasteiger partial charge in [0.25, 0.3) is 0 Å². The maximum absolute atomic E-state index is 13.9. The van der Waals surface area contributed by atoms with E-state index in [1.54, 1.807) is 24.3 Å². The second-order valence-electron chi connectivity index (χ2n) is 11.3. The summed E-state index contributed by atoms with van der Waals surface area (Å²) < 4.78 is 5.83. The van der Waals surface area contributed by atoms with Crippen molar-refractivity contribution in [3.05, 3.63) is 89.6 Å². The Morgan fingerprint density at radius 2 is 1.62 bits per heavy atom. The lowest BCUT2D eigenvalue weighted by molar-refractivity contribution is 0.106. The van der Waals surface area contributed by atoms with E-state index in [4.69, 9.17) is 10.00 Å². The molecule has 1 aromatic heterocycles. The van der Waals surface area contributed by atoms with Crippen LogP contribution in [0.1, 0.15) is 67.7 Å². The van der Waals surface area contributed by atoms with Crippen LogP contribution in [-0.4, -0.2) is 57.4 Å². The Labute approximate surface area is 237 Å². The van der Waals surface area contributed by atoms with E-state index in [1.807, 2.05) is 12.3 Å². The van der Waals surface area contributed by atoms with E-state index in [0.29, 0.717) is 23.2 Å². The van der Waals surface area contributed by atoms with E-state index in [2.05, 4.69) is 62.2 Å². The highest BCUT2D eigenvalue weighted by Gasteiger charge is 2.45. The van der Waals surface area contributed by atoms with Crippen molar-refractivity contribution in [1.29, 1.82) is 5.26 Å². The number of likely N-dealkylation sites (tertiary alicyclic amines) is 1. The molecule has 0 radical (unpaired) electrons. The fourth-order valence-corrected chi connectivity index (χ4v) is 6.58. The number of ether oxygens (including phenoxy) is 1. The third kappa shape index (κ3) is 5.83. The van der Waals surface area contributed by atoms with Gasteiger partial charge in [-0.15, -0.1) is 0 Å². The average molecular weight is 536 g/mol. The lowest BCUT2D eigenvalue weighted by Crippen LogP contribution is -2.48. The SMILES string of the molecule is N#Cc1ccc(Oc2ccc(CN3CCC(N4C(=O)N(C5CCCCC5)CC4c4ccccc4)CC3)cn2)cc1. The number of nitriles is 1. The Hall–Kier alpha value is -3.89. The third-order valence-corrected chi connectivity index (χ3v) is 8.73. The summed E-state index contributed by atoms with van der Waals surface area (Å²) in [5, 5.41) is 8.96. The first kappa shape index (κ1) is 26.3. The molecule has 2 saturated heterocycles. The van der Waals surface area contributed by atoms with E-state index in [1.165, 1.54) is 24.8 Å². The Morgan fingerprint density at radius 1 is 0.875 bits per heavy atom. The minimum Gasteiger partial charge on any atom is -0.439 e. The van der Waals surface area contributed by atoms with E-state index >= 15 is 0 Å². The summed E-state index contributed by atoms with van der Waals surface area (Å²) in [6.45, 7) is 3.57. The molecular formula is C33H37N5O2. The molecule has 0 bridgehead atoms. The average Bonchev–Trinajstić information content (AvgIpc) is 3.36. The molecule has 2 amide bonds. The van der Waals surface area contributed by atoms with Crippen molar-refractivity contribution >= 4 is 6.03 Å². The van der Waals surface area contributed by atoms with Gasteiger partial charge in [-0.25, -0.2) is 9.78 Å². The summed E-state index contributed by atoms with van der Waals surface area (Å²) in [5.74, 6) is 1.20. The molecule has 1 aliphatic carbocycles. The Morgan fingerprint density at radius 3 is 2.30 bits per heavy atom. The van der Waals surface area contributed by atoms with E-state index < -0.39 is 0 Å². The molecule has 1 atom stereocenters. The van der Waals surface area contributed by atoms with Crippen molar-refractivity contribution in [2.45, 2.75) is 69.6 Å². The van der Waals surface area contributed by atoms with Crippen LogP contribution in [0.3, 0.4) is 0 Å². The Balaban J connectivity index is 1.07. The number of pyridine rings is 1. The van der Waals surface area contributed by atoms with Gasteiger partial charge in [0.1, 0.15) is 5.75 Å². The van der Waals surface area contributed by atoms with Gasteiger partial charge in [0.05, 0.1) is 17.7 Å². The molecule has 7 nitrogen and oxygen atoms in total. The monoisotopic (exact) mass is 535 g/mol. The molecule has 2 aromatic carbocycles. The number of aromatic nitrogens is 1. The molecule has 7 heteroatoms. The van der Waals surface area contributed by atoms with Gasteiger partial charge < -0.3 is 14.5 Å². The number of nitrogens with zero attached hydrogens (tertiary/aromatic N) is 5. The first-order chi connectivity index (χ1) is 19.7. The minimum absolute atomic E-state index is 0.139. The predicted molar refractivity (Wildman–Crippen MR) is 154 cm³/mol. The molecule has 0 spiro atoms. The fourth-order valence-electron chi connectivity index (χ4n) is 6.58. The van der Waals surface area contributed by atoms with Crippen LogP contribution in [-0.2, 0) is 6.54 Å². The van der Waals surface area contributed by atoms with Crippen LogP contribution in [0.2, 0.25) is 0 Å². The maximum Gasteiger partial charge on any atom is 0.321 e. The summed E-state index contributed by atoms with van der Waals surface area (Å²) >= 11 is 0. The zero-order valence-electron chi connectivity index (χ0n) is 23.0. The number of carbonyl (C=O) groups excluding carboxylic acids is 1. The number of carbonyl (C=O) groups is 1. The van der Waals surface area contributed by atoms with Crippen LogP contribution < -0.4 is 4.74 Å². The quantitative estimate of drug-likeness (QED) is 0.344. The van der Waals surface area contributed by atoms with Gasteiger partial charge in [0.2, 0.25) is 5.88 Å². The lowest BCUT2D eigenvalue weighted by Gasteiger charge is -2.39. The highest BCUT2D eigenvalue weighted by molar-refractivity contribution is 5.78. The number of piperidine rings is 1. The zero-order valence-corrected chi connectivity index (χ0v) is 23.0. The zero-order chi connectivity index (χ0) is 27.3. The second kappa shape index (κ2) is 12.1. The molecule has 1 saturated carbocycles. The first-order valence-corrected chi connectivity index (χ1v) is 14.7. The number of hydrogen-bond donors (Lipinski definition) is 0. The van der Waals surface area contributed by atoms with Crippen LogP contribution in [0.25, 0.3) is 0 Å². The molecular weight excluding hydrogens is 498 g/mol. The minimum atomic E-state index is 0.139. The lowest BCUT2D eigenvalue weighted by atomic mass is 9.94. The standard InChI is InChI=1S/C33H37N5O2/c34-21-25-11-14-30(15-12-25)40-32-16-13-26(22-35-32)23-36-19-17-29(18-20-36)38-31(27-7-3-1-4-8-27)24-37(33(38)39)28-9-5-2-6-10-28/h1,3-4,7-8,11-16,22,28-29,31H,2,5-6,9-10,17-20,23-24H2. The number of hydrogen-bond acceptors (Lipinski definition) is 5. The Bertz CT molecular complexity index is 1310. The molecule has 206 valence electrons. The van der Waals surface area contributed by atoms with Crippen molar-refractivity contribution in [3.63, 3.8) is 0 Å². The van der Waals surface area contributed by atoms with Crippen molar-refractivity contribution < 1.29 is 9.53 Å². The number of benzene rings is 2. The molecule has 1 unspecified atom stereocenters. The topological polar surface area (TPSA) is 72.7 Å². The van der Waals surface area contributed by atoms with Gasteiger partial charge >= 0.3 is 6.03 Å². The number of urea groups is 1. The normalized spacial score (nSPS) is 21.0. The van der Waals surface area contributed by atoms with E-state index in [9.17, 15) is 4.79 Å². The highest BCUT2D eigenvalue weighted by Crippen LogP contribution is 2.38. The second-order valence-corrected chi connectivity index (χ2v) is 11.3. The van der Waals surface area contributed by atoms with Crippen molar-refractivity contribution in [2.75, 3.05) is 19.6 Å². The molecule has 3 fully saturated rings. The predicted octanol–water partition coefficient (Wildman–Crippen LogP) is 6.52. The molecule has 40 heavy (non-hydrogen) atoms. The largest absolute Gasteiger partial charge is 0.439 e. The van der Waals surface area contributed by atoms with Crippen LogP contribution in [0.15, 0.2) is 72.9 Å². The van der Waals surface area contributed by atoms with Crippen LogP contribution in [0, 0.1) is 11.3 Å². The number of rotatable bonds is 7. The molecule has 6 rings (SSSR count). The van der Waals surface area contributed by atoms with Gasteiger partial charge in [0.15, 0.2) is 0 Å². The summed E-state index contributed by atoms with van der Waals surface area (Å²) in [4.78, 5) is 25.3. The van der Waals surface area contributed by atoms with E-state index in [-0.39, 0.29) is 18.1 Å². The summed E-state index contributed by atoms with van der Waals surface area (Å²) in [7, 11) is 0. The molecule has 3 aliphatic rings. The van der Waals surface area contributed by atoms with Crippen LogP contribution in [0.4, 0.5) is 4.79 Å². The first-order valence-electron chi connectivity index (χ1n) is 14.7.